The minimum absolute atomic E-state index is 0.0503. The molecule has 4 nitrogen and oxygen atoms in total. The Hall–Kier alpha value is -1.58. The fraction of sp³-hybridized carbons (Fsp3) is 0.727. The van der Waals surface area contributed by atoms with Crippen LogP contribution in [0.4, 0.5) is 0 Å². The molecule has 0 bridgehead atoms. The molecule has 0 aromatic carbocycles. The standard InChI is InChI=1S/C22H38N2O2/c1-3-5-7-9-11-17-21(25)23-19-15-13-14-16-20(19)24-22(26)18-12-10-8-6-4-2/h13,15H,3-12,14,16-18H2,1-2H3,(H,23,25)(H,24,26). The lowest BCUT2D eigenvalue weighted by atomic mass is 10.1. The summed E-state index contributed by atoms with van der Waals surface area (Å²) in [5.74, 6) is 0.118. The normalized spacial score (nSPS) is 13.8. The molecule has 26 heavy (non-hydrogen) atoms. The number of carbonyl (C=O) groups excluding carboxylic acids is 2. The maximum atomic E-state index is 12.2. The van der Waals surface area contributed by atoms with Crippen LogP contribution < -0.4 is 10.6 Å². The van der Waals surface area contributed by atoms with E-state index in [1.165, 1.54) is 38.5 Å². The summed E-state index contributed by atoms with van der Waals surface area (Å²) in [5.41, 5.74) is 1.64. The van der Waals surface area contributed by atoms with Crippen molar-refractivity contribution in [1.29, 1.82) is 0 Å². The van der Waals surface area contributed by atoms with Gasteiger partial charge in [0.05, 0.1) is 5.70 Å². The smallest absolute Gasteiger partial charge is 0.224 e. The van der Waals surface area contributed by atoms with Crippen LogP contribution in [0.3, 0.4) is 0 Å². The summed E-state index contributed by atoms with van der Waals surface area (Å²) in [4.78, 5) is 24.3. The Morgan fingerprint density at radius 1 is 0.808 bits per heavy atom. The number of nitrogens with one attached hydrogen (secondary N) is 2. The van der Waals surface area contributed by atoms with Crippen LogP contribution in [0.2, 0.25) is 0 Å². The van der Waals surface area contributed by atoms with E-state index in [1.807, 2.05) is 6.08 Å². The topological polar surface area (TPSA) is 58.2 Å². The fourth-order valence-corrected chi connectivity index (χ4v) is 3.13. The number of carbonyl (C=O) groups is 2. The predicted octanol–water partition coefficient (Wildman–Crippen LogP) is 5.50. The van der Waals surface area contributed by atoms with Crippen molar-refractivity contribution in [2.45, 2.75) is 104 Å². The van der Waals surface area contributed by atoms with E-state index in [4.69, 9.17) is 0 Å². The van der Waals surface area contributed by atoms with E-state index < -0.39 is 0 Å². The number of hydrogen-bond acceptors (Lipinski definition) is 2. The number of unbranched alkanes of at least 4 members (excludes halogenated alkanes) is 8. The molecule has 4 heteroatoms. The maximum Gasteiger partial charge on any atom is 0.224 e. The molecule has 0 aromatic heterocycles. The van der Waals surface area contributed by atoms with Gasteiger partial charge in [0, 0.05) is 18.5 Å². The molecule has 1 aliphatic rings. The fourth-order valence-electron chi connectivity index (χ4n) is 3.13. The SMILES string of the molecule is CCCCCCCC(=O)NC1=C(NC(=O)CCCCCCC)CCC=C1. The van der Waals surface area contributed by atoms with Crippen molar-refractivity contribution in [1.82, 2.24) is 10.6 Å². The Balaban J connectivity index is 2.37. The van der Waals surface area contributed by atoms with Gasteiger partial charge in [-0.25, -0.2) is 0 Å². The van der Waals surface area contributed by atoms with E-state index in [1.54, 1.807) is 0 Å². The second kappa shape index (κ2) is 14.6. The number of hydrogen-bond donors (Lipinski definition) is 2. The van der Waals surface area contributed by atoms with E-state index in [9.17, 15) is 9.59 Å². The van der Waals surface area contributed by atoms with Crippen molar-refractivity contribution in [3.8, 4) is 0 Å². The van der Waals surface area contributed by atoms with Crippen molar-refractivity contribution in [2.75, 3.05) is 0 Å². The summed E-state index contributed by atoms with van der Waals surface area (Å²) >= 11 is 0. The van der Waals surface area contributed by atoms with Crippen LogP contribution in [-0.2, 0) is 9.59 Å². The third kappa shape index (κ3) is 10.4. The first-order chi connectivity index (χ1) is 12.7. The average Bonchev–Trinajstić information content (AvgIpc) is 2.63. The molecule has 0 heterocycles. The van der Waals surface area contributed by atoms with E-state index in [-0.39, 0.29) is 11.8 Å². The summed E-state index contributed by atoms with van der Waals surface area (Å²) < 4.78 is 0. The first-order valence-corrected chi connectivity index (χ1v) is 10.7. The Kier molecular flexibility index (Phi) is 12.6. The van der Waals surface area contributed by atoms with Gasteiger partial charge in [0.1, 0.15) is 0 Å². The highest BCUT2D eigenvalue weighted by Crippen LogP contribution is 2.16. The largest absolute Gasteiger partial charge is 0.328 e. The van der Waals surface area contributed by atoms with Crippen LogP contribution in [0.15, 0.2) is 23.5 Å². The Morgan fingerprint density at radius 3 is 1.92 bits per heavy atom. The van der Waals surface area contributed by atoms with Gasteiger partial charge in [-0.15, -0.1) is 0 Å². The van der Waals surface area contributed by atoms with E-state index in [0.29, 0.717) is 12.8 Å². The molecule has 1 aliphatic carbocycles. The van der Waals surface area contributed by atoms with Crippen LogP contribution in [0.5, 0.6) is 0 Å². The quantitative estimate of drug-likeness (QED) is 0.401. The number of amides is 2. The van der Waals surface area contributed by atoms with Gasteiger partial charge < -0.3 is 10.6 Å². The van der Waals surface area contributed by atoms with Crippen LogP contribution >= 0.6 is 0 Å². The summed E-state index contributed by atoms with van der Waals surface area (Å²) in [7, 11) is 0. The molecule has 2 amide bonds. The van der Waals surface area contributed by atoms with Crippen molar-refractivity contribution in [2.24, 2.45) is 0 Å². The van der Waals surface area contributed by atoms with Gasteiger partial charge in [-0.3, -0.25) is 9.59 Å². The van der Waals surface area contributed by atoms with Crippen molar-refractivity contribution in [3.05, 3.63) is 23.5 Å². The van der Waals surface area contributed by atoms with E-state index in [0.717, 1.165) is 49.9 Å². The van der Waals surface area contributed by atoms with Gasteiger partial charge in [-0.05, 0) is 31.8 Å². The van der Waals surface area contributed by atoms with Crippen molar-refractivity contribution < 1.29 is 9.59 Å². The molecule has 1 rings (SSSR count). The monoisotopic (exact) mass is 362 g/mol. The van der Waals surface area contributed by atoms with E-state index >= 15 is 0 Å². The lowest BCUT2D eigenvalue weighted by molar-refractivity contribution is -0.121. The van der Waals surface area contributed by atoms with Crippen molar-refractivity contribution >= 4 is 11.8 Å². The third-order valence-electron chi connectivity index (χ3n) is 4.75. The van der Waals surface area contributed by atoms with Crippen LogP contribution in [0, 0.1) is 0 Å². The van der Waals surface area contributed by atoms with Crippen LogP contribution in [-0.4, -0.2) is 11.8 Å². The molecule has 0 atom stereocenters. The molecule has 0 unspecified atom stereocenters. The van der Waals surface area contributed by atoms with Crippen LogP contribution in [0.1, 0.15) is 104 Å². The highest BCUT2D eigenvalue weighted by atomic mass is 16.2. The first-order valence-electron chi connectivity index (χ1n) is 10.7. The molecular weight excluding hydrogens is 324 g/mol. The van der Waals surface area contributed by atoms with Gasteiger partial charge >= 0.3 is 0 Å². The molecule has 0 saturated heterocycles. The Bertz CT molecular complexity index is 481. The molecule has 0 spiro atoms. The number of rotatable bonds is 14. The highest BCUT2D eigenvalue weighted by molar-refractivity contribution is 5.80. The van der Waals surface area contributed by atoms with Gasteiger partial charge in [0.15, 0.2) is 0 Å². The molecule has 0 radical (unpaired) electrons. The molecule has 148 valence electrons. The molecule has 0 aliphatic heterocycles. The zero-order chi connectivity index (χ0) is 19.0. The zero-order valence-electron chi connectivity index (χ0n) is 16.9. The minimum Gasteiger partial charge on any atom is -0.328 e. The summed E-state index contributed by atoms with van der Waals surface area (Å²) in [5, 5.41) is 6.01. The van der Waals surface area contributed by atoms with Crippen molar-refractivity contribution in [3.63, 3.8) is 0 Å². The Morgan fingerprint density at radius 2 is 1.35 bits per heavy atom. The highest BCUT2D eigenvalue weighted by Gasteiger charge is 2.13. The Labute approximate surface area is 159 Å². The van der Waals surface area contributed by atoms with Gasteiger partial charge in [0.2, 0.25) is 11.8 Å². The summed E-state index contributed by atoms with van der Waals surface area (Å²) in [6.45, 7) is 4.38. The second-order valence-electron chi connectivity index (χ2n) is 7.26. The third-order valence-corrected chi connectivity index (χ3v) is 4.75. The zero-order valence-corrected chi connectivity index (χ0v) is 16.9. The molecule has 0 saturated carbocycles. The minimum atomic E-state index is 0.0503. The first kappa shape index (κ1) is 22.5. The number of allylic oxidation sites excluding steroid dienone is 3. The summed E-state index contributed by atoms with van der Waals surface area (Å²) in [6, 6.07) is 0. The maximum absolute atomic E-state index is 12.2. The predicted molar refractivity (Wildman–Crippen MR) is 108 cm³/mol. The second-order valence-corrected chi connectivity index (χ2v) is 7.26. The van der Waals surface area contributed by atoms with Gasteiger partial charge in [-0.1, -0.05) is 71.3 Å². The molecule has 2 N–H and O–H groups in total. The van der Waals surface area contributed by atoms with E-state index in [2.05, 4.69) is 30.6 Å². The lowest BCUT2D eigenvalue weighted by Crippen LogP contribution is -2.30. The van der Waals surface area contributed by atoms with Crippen LogP contribution in [0.25, 0.3) is 0 Å². The van der Waals surface area contributed by atoms with Gasteiger partial charge in [0.25, 0.3) is 0 Å². The average molecular weight is 363 g/mol. The molecular formula is C22H38N2O2. The molecule has 0 aromatic rings. The van der Waals surface area contributed by atoms with Gasteiger partial charge in [-0.2, -0.15) is 0 Å². The lowest BCUT2D eigenvalue weighted by Gasteiger charge is -2.18. The molecule has 0 fully saturated rings. The summed E-state index contributed by atoms with van der Waals surface area (Å²) in [6.07, 6.45) is 18.2.